The molecule has 0 atom stereocenters. The van der Waals surface area contributed by atoms with E-state index in [0.717, 1.165) is 17.7 Å². The molecule has 0 aliphatic heterocycles. The van der Waals surface area contributed by atoms with Gasteiger partial charge < -0.3 is 16.0 Å². The van der Waals surface area contributed by atoms with E-state index in [4.69, 9.17) is 0 Å². The zero-order chi connectivity index (χ0) is 21.2. The van der Waals surface area contributed by atoms with Gasteiger partial charge in [0.05, 0.1) is 13.0 Å². The van der Waals surface area contributed by atoms with Crippen molar-refractivity contribution in [2.24, 2.45) is 0 Å². The van der Waals surface area contributed by atoms with Crippen molar-refractivity contribution in [2.75, 3.05) is 18.4 Å². The van der Waals surface area contributed by atoms with Gasteiger partial charge >= 0.3 is 0 Å². The summed E-state index contributed by atoms with van der Waals surface area (Å²) in [5.74, 6) is 0.504. The van der Waals surface area contributed by atoms with Crippen molar-refractivity contribution in [3.05, 3.63) is 65.2 Å². The molecule has 3 N–H and O–H groups in total. The third-order valence-electron chi connectivity index (χ3n) is 4.60. The van der Waals surface area contributed by atoms with Crippen LogP contribution in [0.1, 0.15) is 50.3 Å². The summed E-state index contributed by atoms with van der Waals surface area (Å²) in [7, 11) is 0. The summed E-state index contributed by atoms with van der Waals surface area (Å²) >= 11 is 0. The molecule has 0 saturated carbocycles. The summed E-state index contributed by atoms with van der Waals surface area (Å²) in [6.07, 6.45) is 1.17. The largest absolute Gasteiger partial charge is 0.376 e. The fraction of sp³-hybridized carbons (Fsp3) is 0.417. The number of benzene rings is 2. The van der Waals surface area contributed by atoms with Crippen molar-refractivity contribution >= 4 is 17.5 Å². The molecule has 0 saturated heterocycles. The normalized spacial score (nSPS) is 10.8. The van der Waals surface area contributed by atoms with Crippen LogP contribution in [-0.2, 0) is 22.4 Å². The van der Waals surface area contributed by atoms with Crippen LogP contribution in [0.3, 0.4) is 0 Å². The molecule has 0 spiro atoms. The molecule has 0 aliphatic rings. The second-order valence-corrected chi connectivity index (χ2v) is 7.95. The van der Waals surface area contributed by atoms with Gasteiger partial charge in [0.1, 0.15) is 0 Å². The first-order valence-electron chi connectivity index (χ1n) is 10.3. The van der Waals surface area contributed by atoms with Gasteiger partial charge in [-0.05, 0) is 55.0 Å². The number of anilines is 1. The van der Waals surface area contributed by atoms with Gasteiger partial charge in [-0.2, -0.15) is 0 Å². The van der Waals surface area contributed by atoms with E-state index in [1.54, 1.807) is 0 Å². The monoisotopic (exact) mass is 395 g/mol. The highest BCUT2D eigenvalue weighted by molar-refractivity contribution is 5.81. The Bertz CT molecular complexity index is 781. The molecule has 0 aliphatic carbocycles. The summed E-state index contributed by atoms with van der Waals surface area (Å²) in [6.45, 7) is 9.08. The van der Waals surface area contributed by atoms with Crippen LogP contribution in [0.15, 0.2) is 48.5 Å². The lowest BCUT2D eigenvalue weighted by molar-refractivity contribution is -0.121. The molecule has 29 heavy (non-hydrogen) atoms. The van der Waals surface area contributed by atoms with E-state index in [1.165, 1.54) is 11.1 Å². The van der Waals surface area contributed by atoms with Gasteiger partial charge in [0.25, 0.3) is 0 Å². The number of carbonyl (C=O) groups is 2. The fourth-order valence-corrected chi connectivity index (χ4v) is 2.96. The Morgan fingerprint density at radius 1 is 0.828 bits per heavy atom. The Hall–Kier alpha value is -2.82. The summed E-state index contributed by atoms with van der Waals surface area (Å²) in [5.41, 5.74) is 4.35. The van der Waals surface area contributed by atoms with Crippen molar-refractivity contribution in [1.29, 1.82) is 0 Å². The third kappa shape index (κ3) is 8.38. The lowest BCUT2D eigenvalue weighted by Crippen LogP contribution is -2.31. The first-order valence-corrected chi connectivity index (χ1v) is 10.3. The fourth-order valence-electron chi connectivity index (χ4n) is 2.96. The van der Waals surface area contributed by atoms with Crippen LogP contribution in [-0.4, -0.2) is 30.9 Å². The van der Waals surface area contributed by atoms with Gasteiger partial charge in [-0.1, -0.05) is 50.2 Å². The summed E-state index contributed by atoms with van der Waals surface area (Å²) < 4.78 is 0. The van der Waals surface area contributed by atoms with Crippen LogP contribution in [0.2, 0.25) is 0 Å². The number of hydrogen-bond donors (Lipinski definition) is 3. The first-order chi connectivity index (χ1) is 13.8. The van der Waals surface area contributed by atoms with Crippen LogP contribution in [0.5, 0.6) is 0 Å². The maximum Gasteiger partial charge on any atom is 0.239 e. The predicted molar refractivity (Wildman–Crippen MR) is 119 cm³/mol. The molecule has 0 radical (unpaired) electrons. The minimum absolute atomic E-state index is 0.0129. The quantitative estimate of drug-likeness (QED) is 0.575. The van der Waals surface area contributed by atoms with E-state index in [2.05, 4.69) is 54.1 Å². The summed E-state index contributed by atoms with van der Waals surface area (Å²) in [4.78, 5) is 23.8. The van der Waals surface area contributed by atoms with Crippen LogP contribution < -0.4 is 16.0 Å². The second kappa shape index (κ2) is 11.2. The molecule has 0 bridgehead atoms. The number of carbonyl (C=O) groups excluding carboxylic acids is 2. The first kappa shape index (κ1) is 22.5. The molecule has 5 heteroatoms. The number of nitrogens with one attached hydrogen (secondary N) is 3. The van der Waals surface area contributed by atoms with E-state index in [9.17, 15) is 9.59 Å². The maximum atomic E-state index is 12.0. The number of hydrogen-bond acceptors (Lipinski definition) is 3. The molecule has 0 unspecified atom stereocenters. The van der Waals surface area contributed by atoms with Crippen LogP contribution in [0.25, 0.3) is 0 Å². The van der Waals surface area contributed by atoms with Crippen molar-refractivity contribution < 1.29 is 9.59 Å². The zero-order valence-corrected chi connectivity index (χ0v) is 17.9. The highest BCUT2D eigenvalue weighted by atomic mass is 16.2. The SMILES string of the molecule is CC(C)NC(=O)Cc1ccc(NCC(=O)NCCc2ccc(C(C)C)cc2)cc1. The Kier molecular flexibility index (Phi) is 8.71. The molecule has 5 nitrogen and oxygen atoms in total. The summed E-state index contributed by atoms with van der Waals surface area (Å²) in [6, 6.07) is 16.3. The van der Waals surface area contributed by atoms with Crippen molar-refractivity contribution in [2.45, 2.75) is 52.5 Å². The molecule has 0 aromatic heterocycles. The Morgan fingerprint density at radius 3 is 2.03 bits per heavy atom. The number of rotatable bonds is 10. The molecule has 156 valence electrons. The number of amides is 2. The molecule has 0 heterocycles. The molecule has 2 aromatic carbocycles. The van der Waals surface area contributed by atoms with Gasteiger partial charge in [0.2, 0.25) is 11.8 Å². The van der Waals surface area contributed by atoms with E-state index >= 15 is 0 Å². The molecule has 2 aromatic rings. The molecule has 2 rings (SSSR count). The molecule has 2 amide bonds. The predicted octanol–water partition coefficient (Wildman–Crippen LogP) is 3.65. The lowest BCUT2D eigenvalue weighted by Gasteiger charge is -2.10. The van der Waals surface area contributed by atoms with Gasteiger partial charge in [-0.3, -0.25) is 9.59 Å². The van der Waals surface area contributed by atoms with Gasteiger partial charge in [-0.25, -0.2) is 0 Å². The summed E-state index contributed by atoms with van der Waals surface area (Å²) in [5, 5.41) is 8.93. The van der Waals surface area contributed by atoms with E-state index in [-0.39, 0.29) is 24.4 Å². The molecule has 0 fully saturated rings. The topological polar surface area (TPSA) is 70.2 Å². The molecular formula is C24H33N3O2. The van der Waals surface area contributed by atoms with Crippen LogP contribution in [0, 0.1) is 0 Å². The highest BCUT2D eigenvalue weighted by Crippen LogP contribution is 2.14. The van der Waals surface area contributed by atoms with E-state index < -0.39 is 0 Å². The Labute approximate surface area is 174 Å². The van der Waals surface area contributed by atoms with Gasteiger partial charge in [0, 0.05) is 18.3 Å². The minimum atomic E-state index is -0.0378. The van der Waals surface area contributed by atoms with Crippen molar-refractivity contribution in [3.8, 4) is 0 Å². The highest BCUT2D eigenvalue weighted by Gasteiger charge is 2.06. The zero-order valence-electron chi connectivity index (χ0n) is 17.9. The van der Waals surface area contributed by atoms with Crippen molar-refractivity contribution in [3.63, 3.8) is 0 Å². The van der Waals surface area contributed by atoms with Gasteiger partial charge in [0.15, 0.2) is 0 Å². The maximum absolute atomic E-state index is 12.0. The average Bonchev–Trinajstić information content (AvgIpc) is 2.67. The second-order valence-electron chi connectivity index (χ2n) is 7.95. The smallest absolute Gasteiger partial charge is 0.239 e. The van der Waals surface area contributed by atoms with Gasteiger partial charge in [-0.15, -0.1) is 0 Å². The van der Waals surface area contributed by atoms with Crippen molar-refractivity contribution in [1.82, 2.24) is 10.6 Å². The standard InChI is InChI=1S/C24H33N3O2/c1-17(2)21-9-5-19(6-10-21)13-14-25-24(29)16-26-22-11-7-20(8-12-22)15-23(28)27-18(3)4/h5-12,17-18,26H,13-16H2,1-4H3,(H,25,29)(H,27,28). The van der Waals surface area contributed by atoms with Crippen LogP contribution >= 0.6 is 0 Å². The van der Waals surface area contributed by atoms with Crippen LogP contribution in [0.4, 0.5) is 5.69 Å². The van der Waals surface area contributed by atoms with E-state index in [0.29, 0.717) is 18.9 Å². The lowest BCUT2D eigenvalue weighted by atomic mass is 10.0. The Balaban J connectivity index is 1.68. The molecular weight excluding hydrogens is 362 g/mol. The Morgan fingerprint density at radius 2 is 1.45 bits per heavy atom. The minimum Gasteiger partial charge on any atom is -0.376 e. The third-order valence-corrected chi connectivity index (χ3v) is 4.60. The average molecular weight is 396 g/mol. The van der Waals surface area contributed by atoms with E-state index in [1.807, 2.05) is 38.1 Å².